The van der Waals surface area contributed by atoms with E-state index in [2.05, 4.69) is 0 Å². The molecule has 0 saturated carbocycles. The summed E-state index contributed by atoms with van der Waals surface area (Å²) in [6.07, 6.45) is 1.58. The van der Waals surface area contributed by atoms with Crippen molar-refractivity contribution in [1.29, 1.82) is 0 Å². The highest BCUT2D eigenvalue weighted by Gasteiger charge is 2.40. The normalized spacial score (nSPS) is 16.4. The molecule has 208 valence electrons. The first-order valence-corrected chi connectivity index (χ1v) is 12.3. The summed E-state index contributed by atoms with van der Waals surface area (Å²) in [7, 11) is 9.10. The van der Waals surface area contributed by atoms with Gasteiger partial charge in [0.15, 0.2) is 28.8 Å². The van der Waals surface area contributed by atoms with Crippen LogP contribution in [0.3, 0.4) is 0 Å². The van der Waals surface area contributed by atoms with E-state index in [4.69, 9.17) is 37.9 Å². The van der Waals surface area contributed by atoms with Crippen molar-refractivity contribution in [3.05, 3.63) is 64.4 Å². The summed E-state index contributed by atoms with van der Waals surface area (Å²) in [4.78, 5) is 26.2. The number of rotatable bonds is 8. The highest BCUT2D eigenvalue weighted by molar-refractivity contribution is 6.15. The SMILES string of the molecule is COc1cc(OC)c(OC)cc1/C=C1/Oc2c(ccc3c2[C@H](c2ccc(OC)c(OC)c2OC)CC(=O)O3)C1=O. The second kappa shape index (κ2) is 10.7. The molecule has 10 heteroatoms. The van der Waals surface area contributed by atoms with Gasteiger partial charge in [-0.2, -0.15) is 0 Å². The van der Waals surface area contributed by atoms with Gasteiger partial charge in [0.05, 0.1) is 54.6 Å². The van der Waals surface area contributed by atoms with E-state index in [1.54, 1.807) is 42.5 Å². The van der Waals surface area contributed by atoms with Gasteiger partial charge in [-0.15, -0.1) is 0 Å². The van der Waals surface area contributed by atoms with Gasteiger partial charge in [0, 0.05) is 28.7 Å². The Hall–Kier alpha value is -4.86. The second-order valence-electron chi connectivity index (χ2n) is 8.90. The molecule has 0 N–H and O–H groups in total. The van der Waals surface area contributed by atoms with Crippen LogP contribution in [0.15, 0.2) is 42.2 Å². The standard InChI is InChI=1S/C30H28O10/c1-33-20-10-7-16(29(37-5)30(20)38-6)18-13-25(31)39-19-9-8-17-27(32)24(40-28(17)26(18)19)12-15-11-22(35-3)23(36-4)14-21(15)34-2/h7-12,14,18H,13H2,1-6H3/b24-12+/t18-/m0/s1. The maximum Gasteiger partial charge on any atom is 0.312 e. The Morgan fingerprint density at radius 2 is 1.40 bits per heavy atom. The number of ketones is 1. The fourth-order valence-corrected chi connectivity index (χ4v) is 5.08. The maximum absolute atomic E-state index is 13.5. The quantitative estimate of drug-likeness (QED) is 0.221. The molecule has 10 nitrogen and oxygen atoms in total. The number of esters is 1. The number of carbonyl (C=O) groups excluding carboxylic acids is 2. The van der Waals surface area contributed by atoms with Crippen LogP contribution in [0.5, 0.6) is 46.0 Å². The first-order valence-electron chi connectivity index (χ1n) is 12.3. The van der Waals surface area contributed by atoms with Crippen molar-refractivity contribution in [3.63, 3.8) is 0 Å². The third-order valence-electron chi connectivity index (χ3n) is 6.91. The first-order chi connectivity index (χ1) is 19.4. The number of fused-ring (bicyclic) bond motifs is 3. The van der Waals surface area contributed by atoms with Crippen LogP contribution < -0.4 is 37.9 Å². The molecule has 3 aromatic carbocycles. The molecular formula is C30H28O10. The van der Waals surface area contributed by atoms with Crippen LogP contribution in [-0.2, 0) is 4.79 Å². The van der Waals surface area contributed by atoms with Crippen molar-refractivity contribution in [3.8, 4) is 46.0 Å². The molecular weight excluding hydrogens is 520 g/mol. The summed E-state index contributed by atoms with van der Waals surface area (Å²) in [5, 5.41) is 0. The Kier molecular flexibility index (Phi) is 7.17. The number of ether oxygens (including phenoxy) is 8. The maximum atomic E-state index is 13.5. The average molecular weight is 549 g/mol. The van der Waals surface area contributed by atoms with Gasteiger partial charge in [-0.25, -0.2) is 0 Å². The molecule has 1 atom stereocenters. The Labute approximate surface area is 230 Å². The van der Waals surface area contributed by atoms with Crippen molar-refractivity contribution in [1.82, 2.24) is 0 Å². The molecule has 3 aromatic rings. The average Bonchev–Trinajstić information content (AvgIpc) is 3.29. The van der Waals surface area contributed by atoms with Crippen LogP contribution in [0.25, 0.3) is 6.08 Å². The number of hydrogen-bond donors (Lipinski definition) is 0. The largest absolute Gasteiger partial charge is 0.496 e. The lowest BCUT2D eigenvalue weighted by Gasteiger charge is -2.28. The zero-order valence-corrected chi connectivity index (χ0v) is 22.9. The van der Waals surface area contributed by atoms with Gasteiger partial charge in [-0.1, -0.05) is 6.07 Å². The number of methoxy groups -OCH3 is 6. The zero-order valence-electron chi connectivity index (χ0n) is 22.9. The molecule has 40 heavy (non-hydrogen) atoms. The van der Waals surface area contributed by atoms with Crippen molar-refractivity contribution < 1.29 is 47.5 Å². The van der Waals surface area contributed by atoms with E-state index in [0.29, 0.717) is 68.2 Å². The summed E-state index contributed by atoms with van der Waals surface area (Å²) >= 11 is 0. The lowest BCUT2D eigenvalue weighted by molar-refractivity contribution is -0.135. The fraction of sp³-hybridized carbons (Fsp3) is 0.267. The van der Waals surface area contributed by atoms with Gasteiger partial charge in [0.1, 0.15) is 17.2 Å². The van der Waals surface area contributed by atoms with Crippen LogP contribution in [0, 0.1) is 0 Å². The fourth-order valence-electron chi connectivity index (χ4n) is 5.08. The van der Waals surface area contributed by atoms with Crippen molar-refractivity contribution in [2.24, 2.45) is 0 Å². The molecule has 0 radical (unpaired) electrons. The van der Waals surface area contributed by atoms with Gasteiger partial charge >= 0.3 is 5.97 Å². The van der Waals surface area contributed by atoms with Gasteiger partial charge in [0.2, 0.25) is 11.5 Å². The topological polar surface area (TPSA) is 108 Å². The van der Waals surface area contributed by atoms with Crippen LogP contribution in [0.4, 0.5) is 0 Å². The molecule has 0 saturated heterocycles. The summed E-state index contributed by atoms with van der Waals surface area (Å²) < 4.78 is 44.8. The van der Waals surface area contributed by atoms with Gasteiger partial charge in [0.25, 0.3) is 0 Å². The second-order valence-corrected chi connectivity index (χ2v) is 8.90. The molecule has 0 amide bonds. The summed E-state index contributed by atoms with van der Waals surface area (Å²) in [6.45, 7) is 0. The van der Waals surface area contributed by atoms with E-state index >= 15 is 0 Å². The number of allylic oxidation sites excluding steroid dienone is 1. The van der Waals surface area contributed by atoms with E-state index in [0.717, 1.165) is 0 Å². The molecule has 2 aliphatic rings. The molecule has 0 bridgehead atoms. The third kappa shape index (κ3) is 4.31. The molecule has 0 aliphatic carbocycles. The van der Waals surface area contributed by atoms with Crippen LogP contribution in [0.2, 0.25) is 0 Å². The molecule has 2 aliphatic heterocycles. The van der Waals surface area contributed by atoms with E-state index in [-0.39, 0.29) is 18.0 Å². The lowest BCUT2D eigenvalue weighted by atomic mass is 9.84. The number of Topliss-reactive ketones (excluding diaryl/α,β-unsaturated/α-hetero) is 1. The highest BCUT2D eigenvalue weighted by Crippen LogP contribution is 2.53. The smallest absolute Gasteiger partial charge is 0.312 e. The molecule has 0 aromatic heterocycles. The van der Waals surface area contributed by atoms with Crippen LogP contribution in [-0.4, -0.2) is 54.4 Å². The third-order valence-corrected chi connectivity index (χ3v) is 6.91. The number of carbonyl (C=O) groups is 2. The van der Waals surface area contributed by atoms with E-state index in [1.165, 1.54) is 42.7 Å². The monoisotopic (exact) mass is 548 g/mol. The van der Waals surface area contributed by atoms with Gasteiger partial charge < -0.3 is 37.9 Å². The highest BCUT2D eigenvalue weighted by atomic mass is 16.5. The number of benzene rings is 3. The van der Waals surface area contributed by atoms with E-state index in [9.17, 15) is 9.59 Å². The molecule has 0 spiro atoms. The summed E-state index contributed by atoms with van der Waals surface area (Å²) in [5.41, 5.74) is 2.10. The van der Waals surface area contributed by atoms with Gasteiger partial charge in [-0.3, -0.25) is 9.59 Å². The predicted octanol–water partition coefficient (Wildman–Crippen LogP) is 4.80. The van der Waals surface area contributed by atoms with Crippen molar-refractivity contribution in [2.75, 3.05) is 42.7 Å². The Balaban J connectivity index is 1.64. The lowest BCUT2D eigenvalue weighted by Crippen LogP contribution is -2.22. The Morgan fingerprint density at radius 1 is 0.725 bits per heavy atom. The number of hydrogen-bond acceptors (Lipinski definition) is 10. The summed E-state index contributed by atoms with van der Waals surface area (Å²) in [5.74, 6) is 2.03. The molecule has 5 rings (SSSR count). The van der Waals surface area contributed by atoms with Crippen molar-refractivity contribution in [2.45, 2.75) is 12.3 Å². The minimum atomic E-state index is -0.552. The Morgan fingerprint density at radius 3 is 2.05 bits per heavy atom. The Bertz CT molecular complexity index is 1540. The zero-order chi connectivity index (χ0) is 28.6. The van der Waals surface area contributed by atoms with E-state index in [1.807, 2.05) is 0 Å². The minimum Gasteiger partial charge on any atom is -0.496 e. The van der Waals surface area contributed by atoms with Crippen LogP contribution in [0.1, 0.15) is 39.4 Å². The van der Waals surface area contributed by atoms with Crippen molar-refractivity contribution >= 4 is 17.8 Å². The van der Waals surface area contributed by atoms with E-state index < -0.39 is 11.9 Å². The molecule has 2 heterocycles. The molecule has 0 unspecified atom stereocenters. The summed E-state index contributed by atoms with van der Waals surface area (Å²) in [6, 6.07) is 10.1. The first kappa shape index (κ1) is 26.7. The predicted molar refractivity (Wildman–Crippen MR) is 144 cm³/mol. The molecule has 0 fully saturated rings. The van der Waals surface area contributed by atoms with Crippen LogP contribution >= 0.6 is 0 Å². The minimum absolute atomic E-state index is 0.00457. The van der Waals surface area contributed by atoms with Gasteiger partial charge in [-0.05, 0) is 30.3 Å².